The maximum absolute atomic E-state index is 13.7. The Labute approximate surface area is 116 Å². The zero-order valence-corrected chi connectivity index (χ0v) is 11.0. The molecular formula is C14H15FN2O3. The molecule has 106 valence electrons. The summed E-state index contributed by atoms with van der Waals surface area (Å²) in [6.45, 7) is 1.74. The normalized spacial score (nSPS) is 9.35. The van der Waals surface area contributed by atoms with E-state index >= 15 is 0 Å². The second kappa shape index (κ2) is 7.92. The van der Waals surface area contributed by atoms with E-state index in [2.05, 4.69) is 21.9 Å². The Hall–Kier alpha value is -2.39. The zero-order chi connectivity index (χ0) is 15.0. The van der Waals surface area contributed by atoms with E-state index in [1.807, 2.05) is 0 Å². The molecule has 0 spiro atoms. The van der Waals surface area contributed by atoms with Crippen LogP contribution in [0.2, 0.25) is 0 Å². The van der Waals surface area contributed by atoms with E-state index < -0.39 is 17.7 Å². The maximum atomic E-state index is 13.7. The molecule has 0 aliphatic heterocycles. The Kier molecular flexibility index (Phi) is 6.20. The predicted octanol–water partition coefficient (Wildman–Crippen LogP) is 0.429. The summed E-state index contributed by atoms with van der Waals surface area (Å²) in [4.78, 5) is 22.8. The third-order valence-corrected chi connectivity index (χ3v) is 2.25. The minimum Gasteiger partial charge on any atom is -0.465 e. The number of ether oxygens (including phenoxy) is 1. The van der Waals surface area contributed by atoms with Gasteiger partial charge in [0.1, 0.15) is 12.4 Å². The number of hydrogen-bond acceptors (Lipinski definition) is 4. The number of nitrogens with one attached hydrogen (secondary N) is 1. The molecule has 20 heavy (non-hydrogen) atoms. The minimum atomic E-state index is -0.713. The number of amides is 1. The molecule has 1 amide bonds. The number of benzene rings is 1. The Morgan fingerprint density at radius 2 is 2.20 bits per heavy atom. The number of hydrogen-bond donors (Lipinski definition) is 2. The van der Waals surface area contributed by atoms with E-state index in [0.717, 1.165) is 6.07 Å². The van der Waals surface area contributed by atoms with Gasteiger partial charge in [0.25, 0.3) is 5.91 Å². The lowest BCUT2D eigenvalue weighted by Crippen LogP contribution is -2.31. The fraction of sp³-hybridized carbons (Fsp3) is 0.286. The molecule has 0 atom stereocenters. The van der Waals surface area contributed by atoms with Crippen LogP contribution in [-0.2, 0) is 9.53 Å². The van der Waals surface area contributed by atoms with Crippen LogP contribution in [0, 0.1) is 17.7 Å². The first-order chi connectivity index (χ1) is 9.58. The third-order valence-electron chi connectivity index (χ3n) is 2.25. The van der Waals surface area contributed by atoms with Crippen molar-refractivity contribution in [2.75, 3.05) is 19.7 Å². The molecule has 0 fully saturated rings. The Balaban J connectivity index is 2.71. The topological polar surface area (TPSA) is 81.4 Å². The molecule has 0 saturated heterocycles. The highest BCUT2D eigenvalue weighted by molar-refractivity contribution is 5.96. The molecule has 6 heteroatoms. The molecule has 1 aromatic carbocycles. The Morgan fingerprint density at radius 3 is 2.80 bits per heavy atom. The van der Waals surface area contributed by atoms with Crippen LogP contribution in [0.15, 0.2) is 18.2 Å². The van der Waals surface area contributed by atoms with Crippen LogP contribution in [0.1, 0.15) is 22.8 Å². The predicted molar refractivity (Wildman–Crippen MR) is 71.3 cm³/mol. The van der Waals surface area contributed by atoms with Crippen molar-refractivity contribution in [3.8, 4) is 11.8 Å². The molecule has 3 N–H and O–H groups in total. The number of carbonyl (C=O) groups is 2. The van der Waals surface area contributed by atoms with Crippen molar-refractivity contribution < 1.29 is 18.7 Å². The van der Waals surface area contributed by atoms with Crippen LogP contribution in [0.5, 0.6) is 0 Å². The first kappa shape index (κ1) is 15.7. The summed E-state index contributed by atoms with van der Waals surface area (Å²) < 4.78 is 18.4. The molecular weight excluding hydrogens is 263 g/mol. The van der Waals surface area contributed by atoms with E-state index in [1.165, 1.54) is 12.1 Å². The number of rotatable bonds is 4. The molecule has 0 aliphatic carbocycles. The molecule has 5 nitrogen and oxygen atoms in total. The molecule has 0 aromatic heterocycles. The van der Waals surface area contributed by atoms with E-state index in [4.69, 9.17) is 5.73 Å². The van der Waals surface area contributed by atoms with Gasteiger partial charge in [-0.3, -0.25) is 9.59 Å². The summed E-state index contributed by atoms with van der Waals surface area (Å²) >= 11 is 0. The summed E-state index contributed by atoms with van der Waals surface area (Å²) in [5, 5.41) is 2.28. The lowest BCUT2D eigenvalue weighted by atomic mass is 10.1. The van der Waals surface area contributed by atoms with Crippen LogP contribution in [0.4, 0.5) is 4.39 Å². The molecule has 0 radical (unpaired) electrons. The average molecular weight is 278 g/mol. The van der Waals surface area contributed by atoms with Crippen molar-refractivity contribution in [2.24, 2.45) is 5.73 Å². The SMILES string of the molecule is CCOC(=O)CNC(=O)c1ccc(C#CCN)cc1F. The van der Waals surface area contributed by atoms with Gasteiger partial charge in [0, 0.05) is 5.56 Å². The van der Waals surface area contributed by atoms with Crippen molar-refractivity contribution in [2.45, 2.75) is 6.92 Å². The van der Waals surface area contributed by atoms with Crippen molar-refractivity contribution in [3.63, 3.8) is 0 Å². The highest BCUT2D eigenvalue weighted by Crippen LogP contribution is 2.09. The van der Waals surface area contributed by atoms with E-state index in [9.17, 15) is 14.0 Å². The summed E-state index contributed by atoms with van der Waals surface area (Å²) in [5.74, 6) is 3.27. The van der Waals surface area contributed by atoms with Gasteiger partial charge < -0.3 is 15.8 Å². The lowest BCUT2D eigenvalue weighted by molar-refractivity contribution is -0.141. The molecule has 0 saturated carbocycles. The summed E-state index contributed by atoms with van der Waals surface area (Å²) in [6, 6.07) is 3.95. The standard InChI is InChI=1S/C14H15FN2O3/c1-2-20-13(18)9-17-14(19)11-6-5-10(4-3-7-16)8-12(11)15/h5-6,8H,2,7,9,16H2,1H3,(H,17,19). The van der Waals surface area contributed by atoms with Crippen LogP contribution in [0.25, 0.3) is 0 Å². The van der Waals surface area contributed by atoms with Gasteiger partial charge in [0.2, 0.25) is 0 Å². The zero-order valence-electron chi connectivity index (χ0n) is 11.0. The average Bonchev–Trinajstić information content (AvgIpc) is 2.43. The molecule has 0 aliphatic rings. The maximum Gasteiger partial charge on any atom is 0.325 e. The molecule has 1 aromatic rings. The largest absolute Gasteiger partial charge is 0.465 e. The van der Waals surface area contributed by atoms with Gasteiger partial charge in [0.15, 0.2) is 0 Å². The van der Waals surface area contributed by atoms with Gasteiger partial charge in [-0.1, -0.05) is 11.8 Å². The van der Waals surface area contributed by atoms with Crippen molar-refractivity contribution >= 4 is 11.9 Å². The fourth-order valence-electron chi connectivity index (χ4n) is 1.39. The summed E-state index contributed by atoms with van der Waals surface area (Å²) in [6.07, 6.45) is 0. The fourth-order valence-corrected chi connectivity index (χ4v) is 1.39. The van der Waals surface area contributed by atoms with Gasteiger partial charge >= 0.3 is 5.97 Å². The van der Waals surface area contributed by atoms with Crippen LogP contribution in [0.3, 0.4) is 0 Å². The second-order valence-electron chi connectivity index (χ2n) is 3.69. The van der Waals surface area contributed by atoms with E-state index in [1.54, 1.807) is 6.92 Å². The minimum absolute atomic E-state index is 0.160. The highest BCUT2D eigenvalue weighted by atomic mass is 19.1. The van der Waals surface area contributed by atoms with Crippen molar-refractivity contribution in [3.05, 3.63) is 35.1 Å². The molecule has 1 rings (SSSR count). The molecule has 0 heterocycles. The van der Waals surface area contributed by atoms with E-state index in [-0.39, 0.29) is 25.3 Å². The van der Waals surface area contributed by atoms with Crippen molar-refractivity contribution in [1.82, 2.24) is 5.32 Å². The number of nitrogens with two attached hydrogens (primary N) is 1. The van der Waals surface area contributed by atoms with Crippen LogP contribution in [-0.4, -0.2) is 31.6 Å². The van der Waals surface area contributed by atoms with Gasteiger partial charge in [-0.05, 0) is 25.1 Å². The molecule has 0 bridgehead atoms. The van der Waals surface area contributed by atoms with Crippen LogP contribution < -0.4 is 11.1 Å². The van der Waals surface area contributed by atoms with Crippen LogP contribution >= 0.6 is 0 Å². The van der Waals surface area contributed by atoms with Gasteiger partial charge in [-0.15, -0.1) is 0 Å². The number of halogens is 1. The second-order valence-corrected chi connectivity index (χ2v) is 3.69. The number of carbonyl (C=O) groups excluding carboxylic acids is 2. The highest BCUT2D eigenvalue weighted by Gasteiger charge is 2.13. The summed E-state index contributed by atoms with van der Waals surface area (Å²) in [7, 11) is 0. The smallest absolute Gasteiger partial charge is 0.325 e. The first-order valence-corrected chi connectivity index (χ1v) is 6.00. The summed E-state index contributed by atoms with van der Waals surface area (Å²) in [5.41, 5.74) is 5.48. The molecule has 0 unspecified atom stereocenters. The Morgan fingerprint density at radius 1 is 1.45 bits per heavy atom. The third kappa shape index (κ3) is 4.71. The van der Waals surface area contributed by atoms with Gasteiger partial charge in [0.05, 0.1) is 18.7 Å². The monoisotopic (exact) mass is 278 g/mol. The lowest BCUT2D eigenvalue weighted by Gasteiger charge is -2.06. The van der Waals surface area contributed by atoms with Crippen molar-refractivity contribution in [1.29, 1.82) is 0 Å². The Bertz CT molecular complexity index is 561. The van der Waals surface area contributed by atoms with Gasteiger partial charge in [-0.2, -0.15) is 0 Å². The first-order valence-electron chi connectivity index (χ1n) is 6.00. The quantitative estimate of drug-likeness (QED) is 0.618. The number of esters is 1. The van der Waals surface area contributed by atoms with Gasteiger partial charge in [-0.25, -0.2) is 4.39 Å². The van der Waals surface area contributed by atoms with E-state index in [0.29, 0.717) is 5.56 Å².